The highest BCUT2D eigenvalue weighted by Gasteiger charge is 2.29. The molecule has 6 nitrogen and oxygen atoms in total. The van der Waals surface area contributed by atoms with Crippen LogP contribution in [0, 0.1) is 17.5 Å². The Labute approximate surface area is 113 Å². The third-order valence-electron chi connectivity index (χ3n) is 2.44. The fourth-order valence-electron chi connectivity index (χ4n) is 1.37. The lowest BCUT2D eigenvalue weighted by molar-refractivity contribution is 0.316. The summed E-state index contributed by atoms with van der Waals surface area (Å²) in [4.78, 5) is -1.25. The lowest BCUT2D eigenvalue weighted by Gasteiger charge is -2.17. The van der Waals surface area contributed by atoms with Gasteiger partial charge in [-0.2, -0.15) is 0 Å². The number of halogens is 3. The number of nitrogens with two attached hydrogens (primary N) is 1. The van der Waals surface area contributed by atoms with Gasteiger partial charge in [-0.3, -0.25) is 0 Å². The van der Waals surface area contributed by atoms with Crippen molar-refractivity contribution >= 4 is 15.9 Å². The number of sulfonamides is 1. The Morgan fingerprint density at radius 3 is 2.30 bits per heavy atom. The first-order chi connectivity index (χ1) is 9.20. The molecule has 0 aliphatic rings. The van der Waals surface area contributed by atoms with Crippen LogP contribution in [0.25, 0.3) is 0 Å². The summed E-state index contributed by atoms with van der Waals surface area (Å²) in [6, 6.07) is 0.542. The van der Waals surface area contributed by atoms with Crippen LogP contribution < -0.4 is 5.73 Å². The maximum atomic E-state index is 13.5. The van der Waals surface area contributed by atoms with Gasteiger partial charge in [0.1, 0.15) is 23.3 Å². The summed E-state index contributed by atoms with van der Waals surface area (Å²) in [6.07, 6.45) is -0.142. The highest BCUT2D eigenvalue weighted by molar-refractivity contribution is 7.89. The van der Waals surface area contributed by atoms with Crippen molar-refractivity contribution in [3.63, 3.8) is 0 Å². The molecule has 1 aromatic rings. The van der Waals surface area contributed by atoms with Gasteiger partial charge in [0.15, 0.2) is 4.90 Å². The number of amidine groups is 1. The van der Waals surface area contributed by atoms with E-state index in [1.807, 2.05) is 0 Å². The number of hydrogen-bond acceptors (Lipinski definition) is 4. The van der Waals surface area contributed by atoms with Gasteiger partial charge in [0.05, 0.1) is 0 Å². The molecule has 0 saturated heterocycles. The maximum Gasteiger partial charge on any atom is 0.248 e. The van der Waals surface area contributed by atoms with Crippen molar-refractivity contribution in [3.05, 3.63) is 29.6 Å². The molecule has 0 fully saturated rings. The molecular weight excluding hydrogens is 299 g/mol. The van der Waals surface area contributed by atoms with Crippen LogP contribution in [0.1, 0.15) is 6.42 Å². The van der Waals surface area contributed by atoms with E-state index in [1.165, 1.54) is 0 Å². The van der Waals surface area contributed by atoms with Gasteiger partial charge in [-0.25, -0.2) is 25.9 Å². The summed E-state index contributed by atoms with van der Waals surface area (Å²) in [5, 5.41) is 11.0. The van der Waals surface area contributed by atoms with Crippen LogP contribution in [0.3, 0.4) is 0 Å². The zero-order chi connectivity index (χ0) is 15.5. The first-order valence-electron chi connectivity index (χ1n) is 5.27. The number of oxime groups is 1. The minimum atomic E-state index is -4.50. The van der Waals surface area contributed by atoms with Crippen molar-refractivity contribution in [3.8, 4) is 0 Å². The summed E-state index contributed by atoms with van der Waals surface area (Å²) in [5.74, 6) is -4.53. The monoisotopic (exact) mass is 311 g/mol. The third-order valence-corrected chi connectivity index (χ3v) is 4.35. The van der Waals surface area contributed by atoms with E-state index in [4.69, 9.17) is 10.9 Å². The molecule has 0 spiro atoms. The normalized spacial score (nSPS) is 12.9. The highest BCUT2D eigenvalue weighted by Crippen LogP contribution is 2.23. The predicted octanol–water partition coefficient (Wildman–Crippen LogP) is 0.861. The van der Waals surface area contributed by atoms with Crippen LogP contribution in [0.15, 0.2) is 22.2 Å². The number of benzene rings is 1. The van der Waals surface area contributed by atoms with Gasteiger partial charge in [-0.1, -0.05) is 5.16 Å². The van der Waals surface area contributed by atoms with Crippen LogP contribution in [-0.4, -0.2) is 37.4 Å². The molecule has 0 aromatic heterocycles. The molecule has 0 bridgehead atoms. The zero-order valence-electron chi connectivity index (χ0n) is 10.3. The second kappa shape index (κ2) is 6.09. The fourth-order valence-corrected chi connectivity index (χ4v) is 2.63. The van der Waals surface area contributed by atoms with Crippen molar-refractivity contribution in [2.45, 2.75) is 11.3 Å². The Morgan fingerprint density at radius 1 is 1.35 bits per heavy atom. The lowest BCUT2D eigenvalue weighted by atomic mass is 10.3. The molecule has 0 aliphatic heterocycles. The molecule has 0 aliphatic carbocycles. The topological polar surface area (TPSA) is 96.0 Å². The van der Waals surface area contributed by atoms with Crippen LogP contribution in [-0.2, 0) is 10.0 Å². The van der Waals surface area contributed by atoms with E-state index < -0.39 is 32.4 Å². The Balaban J connectivity index is 3.11. The summed E-state index contributed by atoms with van der Waals surface area (Å²) in [6.45, 7) is -0.269. The first-order valence-corrected chi connectivity index (χ1v) is 6.71. The molecule has 0 unspecified atom stereocenters. The quantitative estimate of drug-likeness (QED) is 0.365. The van der Waals surface area contributed by atoms with Gasteiger partial charge in [0, 0.05) is 32.1 Å². The molecule has 0 radical (unpaired) electrons. The molecular formula is C10H12F3N3O3S. The predicted molar refractivity (Wildman–Crippen MR) is 64.2 cm³/mol. The van der Waals surface area contributed by atoms with E-state index in [-0.39, 0.29) is 30.9 Å². The smallest absolute Gasteiger partial charge is 0.248 e. The van der Waals surface area contributed by atoms with Crippen molar-refractivity contribution < 1.29 is 26.8 Å². The fraction of sp³-hybridized carbons (Fsp3) is 0.300. The van der Waals surface area contributed by atoms with E-state index in [0.717, 1.165) is 7.05 Å². The second-order valence-corrected chi connectivity index (χ2v) is 5.85. The molecule has 0 heterocycles. The second-order valence-electron chi connectivity index (χ2n) is 3.87. The van der Waals surface area contributed by atoms with E-state index in [2.05, 4.69) is 5.16 Å². The summed E-state index contributed by atoms with van der Waals surface area (Å²) < 4.78 is 64.2. The number of rotatable bonds is 5. The Bertz CT molecular complexity index is 611. The van der Waals surface area contributed by atoms with Crippen LogP contribution in [0.4, 0.5) is 13.2 Å². The standard InChI is InChI=1S/C10H12F3N3O3S/c1-16(3-2-9(14)15-17)20(18,19)10-7(12)4-6(11)5-8(10)13/h4-5,17H,2-3H2,1H3,(H2,14,15). The van der Waals surface area contributed by atoms with E-state index in [9.17, 15) is 21.6 Å². The van der Waals surface area contributed by atoms with Crippen LogP contribution in [0.2, 0.25) is 0 Å². The molecule has 0 amide bonds. The van der Waals surface area contributed by atoms with Gasteiger partial charge in [-0.05, 0) is 0 Å². The molecule has 0 atom stereocenters. The average Bonchev–Trinajstić information content (AvgIpc) is 2.33. The summed E-state index contributed by atoms with van der Waals surface area (Å²) in [7, 11) is -3.44. The van der Waals surface area contributed by atoms with E-state index >= 15 is 0 Å². The van der Waals surface area contributed by atoms with Gasteiger partial charge in [0.2, 0.25) is 10.0 Å². The molecule has 1 aromatic carbocycles. The van der Waals surface area contributed by atoms with Crippen molar-refractivity contribution in [2.24, 2.45) is 10.9 Å². The Morgan fingerprint density at radius 2 is 1.85 bits per heavy atom. The first kappa shape index (κ1) is 16.2. The Hall–Kier alpha value is -1.81. The molecule has 0 saturated carbocycles. The number of hydrogen-bond donors (Lipinski definition) is 2. The molecule has 3 N–H and O–H groups in total. The minimum Gasteiger partial charge on any atom is -0.409 e. The van der Waals surface area contributed by atoms with Gasteiger partial charge in [-0.15, -0.1) is 0 Å². The maximum absolute atomic E-state index is 13.5. The van der Waals surface area contributed by atoms with E-state index in [0.29, 0.717) is 4.31 Å². The van der Waals surface area contributed by atoms with Crippen molar-refractivity contribution in [1.29, 1.82) is 0 Å². The number of nitrogens with zero attached hydrogens (tertiary/aromatic N) is 2. The summed E-state index contributed by atoms with van der Waals surface area (Å²) >= 11 is 0. The lowest BCUT2D eigenvalue weighted by Crippen LogP contribution is -2.32. The third kappa shape index (κ3) is 3.39. The van der Waals surface area contributed by atoms with Gasteiger partial charge < -0.3 is 10.9 Å². The Kier molecular flexibility index (Phi) is 4.95. The summed E-state index contributed by atoms with van der Waals surface area (Å²) in [5.41, 5.74) is 5.16. The van der Waals surface area contributed by atoms with Crippen LogP contribution in [0.5, 0.6) is 0 Å². The largest absolute Gasteiger partial charge is 0.409 e. The zero-order valence-corrected chi connectivity index (χ0v) is 11.2. The van der Waals surface area contributed by atoms with Gasteiger partial charge >= 0.3 is 0 Å². The van der Waals surface area contributed by atoms with E-state index in [1.54, 1.807) is 0 Å². The van der Waals surface area contributed by atoms with Gasteiger partial charge in [0.25, 0.3) is 0 Å². The van der Waals surface area contributed by atoms with Crippen molar-refractivity contribution in [2.75, 3.05) is 13.6 Å². The molecule has 10 heteroatoms. The van der Waals surface area contributed by atoms with Crippen molar-refractivity contribution in [1.82, 2.24) is 4.31 Å². The SMILES string of the molecule is CN(CC/C(N)=N/O)S(=O)(=O)c1c(F)cc(F)cc1F. The molecule has 20 heavy (non-hydrogen) atoms. The average molecular weight is 311 g/mol. The van der Waals surface area contributed by atoms with Crippen LogP contribution >= 0.6 is 0 Å². The minimum absolute atomic E-state index is 0.142. The molecule has 112 valence electrons. The highest BCUT2D eigenvalue weighted by atomic mass is 32.2. The molecule has 1 rings (SSSR count).